The van der Waals surface area contributed by atoms with Gasteiger partial charge in [0.25, 0.3) is 0 Å². The molecule has 1 fully saturated rings. The number of para-hydroxylation sites is 1. The zero-order chi connectivity index (χ0) is 35.0. The topological polar surface area (TPSA) is 221 Å². The van der Waals surface area contributed by atoms with Gasteiger partial charge in [-0.1, -0.05) is 67.8 Å². The number of amides is 2. The van der Waals surface area contributed by atoms with Gasteiger partial charge in [0, 0.05) is 36.1 Å². The van der Waals surface area contributed by atoms with Gasteiger partial charge in [0.1, 0.15) is 17.9 Å². The van der Waals surface area contributed by atoms with Crippen LogP contribution < -0.4 is 39.9 Å². The van der Waals surface area contributed by atoms with Crippen LogP contribution in [0.3, 0.4) is 0 Å². The van der Waals surface area contributed by atoms with Crippen molar-refractivity contribution in [3.63, 3.8) is 0 Å². The molecule has 1 aliphatic rings. The van der Waals surface area contributed by atoms with Crippen LogP contribution in [0.2, 0.25) is 0 Å². The van der Waals surface area contributed by atoms with E-state index in [0.29, 0.717) is 43.4 Å². The van der Waals surface area contributed by atoms with E-state index in [9.17, 15) is 37.4 Å². The van der Waals surface area contributed by atoms with Gasteiger partial charge in [-0.05, 0) is 49.4 Å². The van der Waals surface area contributed by atoms with E-state index in [1.165, 1.54) is 0 Å². The number of hydrogen-bond donors (Lipinski definition) is 7. The number of carboxylic acid groups (broad SMARTS) is 1. The zero-order valence-electron chi connectivity index (χ0n) is 29.1. The summed E-state index contributed by atoms with van der Waals surface area (Å²) in [4.78, 5) is 54.7. The quantitative estimate of drug-likeness (QED) is 0.0534. The van der Waals surface area contributed by atoms with Crippen molar-refractivity contribution in [2.45, 2.75) is 75.7 Å². The smallest absolute Gasteiger partial charge is 1.00 e. The third-order valence-electron chi connectivity index (χ3n) is 8.96. The Labute approximate surface area is 300 Å². The number of aromatic nitrogens is 1. The predicted octanol–water partition coefficient (Wildman–Crippen LogP) is -0.0411. The largest absolute Gasteiger partial charge is 1.00 e. The number of sulfonamides is 1. The maximum absolute atomic E-state index is 14.4. The normalized spacial score (nSPS) is 17.3. The van der Waals surface area contributed by atoms with Crippen LogP contribution in [-0.2, 0) is 41.8 Å². The Morgan fingerprint density at radius 1 is 1.00 bits per heavy atom. The van der Waals surface area contributed by atoms with Crippen molar-refractivity contribution in [2.75, 3.05) is 19.0 Å². The van der Waals surface area contributed by atoms with Gasteiger partial charge in [-0.2, -0.15) is 0 Å². The van der Waals surface area contributed by atoms with Crippen LogP contribution >= 0.6 is 7.37 Å². The molecule has 2 unspecified atom stereocenters. The number of nitrogens with two attached hydrogens (primary N) is 1. The molecule has 3 aromatic rings. The van der Waals surface area contributed by atoms with E-state index in [2.05, 4.69) is 20.3 Å². The number of H-pyrrole nitrogens is 1. The number of hydrogen-bond acceptors (Lipinski definition) is 7. The van der Waals surface area contributed by atoms with Crippen LogP contribution in [0.1, 0.15) is 57.5 Å². The predicted molar refractivity (Wildman–Crippen MR) is 185 cm³/mol. The second-order valence-corrected chi connectivity index (χ2v) is 17.0. The molecule has 49 heavy (non-hydrogen) atoms. The number of carbonyl (C=O) groups is 3. The number of aromatic amines is 1. The van der Waals surface area contributed by atoms with E-state index in [1.54, 1.807) is 36.5 Å². The second kappa shape index (κ2) is 17.8. The summed E-state index contributed by atoms with van der Waals surface area (Å²) >= 11 is 0. The van der Waals surface area contributed by atoms with E-state index in [1.807, 2.05) is 24.3 Å². The van der Waals surface area contributed by atoms with Crippen LogP contribution in [0.4, 0.5) is 0 Å². The van der Waals surface area contributed by atoms with Gasteiger partial charge in [-0.25, -0.2) is 17.9 Å². The fourth-order valence-electron chi connectivity index (χ4n) is 6.48. The first kappa shape index (κ1) is 40.5. The van der Waals surface area contributed by atoms with Crippen LogP contribution in [-0.4, -0.2) is 78.0 Å². The van der Waals surface area contributed by atoms with Crippen LogP contribution in [0, 0.1) is 5.41 Å². The Kier molecular flexibility index (Phi) is 14.7. The first-order valence-corrected chi connectivity index (χ1v) is 20.0. The van der Waals surface area contributed by atoms with Crippen molar-refractivity contribution in [2.24, 2.45) is 11.1 Å². The fourth-order valence-corrected chi connectivity index (χ4v) is 9.59. The number of rotatable bonds is 18. The summed E-state index contributed by atoms with van der Waals surface area (Å²) in [5, 5.41) is 16.2. The molecule has 4 rings (SSSR count). The second-order valence-electron chi connectivity index (χ2n) is 12.8. The molecule has 0 spiro atoms. The Morgan fingerprint density at radius 3 is 2.29 bits per heavy atom. The van der Waals surface area contributed by atoms with Crippen molar-refractivity contribution in [3.05, 3.63) is 71.9 Å². The minimum atomic E-state index is -4.41. The van der Waals surface area contributed by atoms with E-state index < -0.39 is 64.6 Å². The Hall–Kier alpha value is -2.95. The molecule has 0 radical (unpaired) electrons. The van der Waals surface area contributed by atoms with E-state index in [4.69, 9.17) is 5.73 Å². The van der Waals surface area contributed by atoms with Crippen molar-refractivity contribution in [1.29, 1.82) is 0 Å². The first-order chi connectivity index (χ1) is 22.7. The summed E-state index contributed by atoms with van der Waals surface area (Å²) in [5.41, 5.74) is 6.43. The molecule has 1 heterocycles. The van der Waals surface area contributed by atoms with Crippen molar-refractivity contribution in [1.82, 2.24) is 20.3 Å². The summed E-state index contributed by atoms with van der Waals surface area (Å²) < 4.78 is 40.9. The molecule has 0 saturated heterocycles. The summed E-state index contributed by atoms with van der Waals surface area (Å²) in [6.07, 6.45) is 4.98. The van der Waals surface area contributed by atoms with E-state index in [0.717, 1.165) is 17.2 Å². The van der Waals surface area contributed by atoms with Gasteiger partial charge in [0.15, 0.2) is 0 Å². The van der Waals surface area contributed by atoms with E-state index >= 15 is 0 Å². The number of nitrogens with one attached hydrogen (secondary N) is 4. The summed E-state index contributed by atoms with van der Waals surface area (Å²) in [6, 6.07) is 13.7. The number of unbranched alkanes of at least 4 members (excludes halogenated alkanes) is 1. The molecule has 1 aromatic heterocycles. The first-order valence-electron chi connectivity index (χ1n) is 16.1. The Bertz CT molecular complexity index is 1740. The minimum absolute atomic E-state index is 0. The molecular weight excluding hydrogens is 664 g/mol. The van der Waals surface area contributed by atoms with E-state index in [-0.39, 0.29) is 52.4 Å². The summed E-state index contributed by atoms with van der Waals surface area (Å²) in [5.74, 6) is -3.97. The molecule has 0 aliphatic heterocycles. The molecule has 8 N–H and O–H groups in total. The van der Waals surface area contributed by atoms with Gasteiger partial charge in [0.2, 0.25) is 29.2 Å². The molecule has 2 amide bonds. The fraction of sp³-hybridized carbons (Fsp3) is 0.485. The van der Waals surface area contributed by atoms with Crippen LogP contribution in [0.25, 0.3) is 10.9 Å². The monoisotopic (exact) mass is 711 g/mol. The third-order valence-corrected chi connectivity index (χ3v) is 12.0. The average Bonchev–Trinajstić information content (AvgIpc) is 3.67. The molecular formula is C33H47LiN5O8PS. The molecule has 0 bridgehead atoms. The van der Waals surface area contributed by atoms with Gasteiger partial charge in [0.05, 0.1) is 11.7 Å². The molecule has 1 saturated carbocycles. The summed E-state index contributed by atoms with van der Waals surface area (Å²) in [7, 11) is -8.21. The molecule has 13 nitrogen and oxygen atoms in total. The number of aliphatic carboxylic acids is 1. The van der Waals surface area contributed by atoms with Gasteiger partial charge in [-0.15, -0.1) is 0 Å². The standard InChI is InChI=1S/C33H46N5O8PS.Li.H/c1-48(45,46)38-27(15-7-10-18-34)30(39)37-29(19-23-11-3-2-4-12-23)47(43,44)22-33(16-8-9-17-33)32(42)36-28(31(40)41)20-24-21-35-26-14-6-5-13-25(24)26;;/h2-6,11-14,21,27-29,35,38H,7-10,15-20,22,34H2,1H3,(H,36,42)(H,37,39)(H,40,41)(H,43,44);;/q;+1;-1/t27-,28+,29?;;/m1../s1. The number of carboxylic acids is 1. The molecule has 4 atom stereocenters. The Morgan fingerprint density at radius 2 is 1.65 bits per heavy atom. The molecule has 2 aromatic carbocycles. The van der Waals surface area contributed by atoms with Crippen molar-refractivity contribution < 1.29 is 57.7 Å². The Balaban J connectivity index is 0.00000433. The van der Waals surface area contributed by atoms with Crippen molar-refractivity contribution >= 4 is 46.1 Å². The maximum Gasteiger partial charge on any atom is 1.00 e. The SMILES string of the molecule is CS(=O)(=O)N[C@H](CCCCN)C(=O)NC(Cc1ccccc1)P(=O)(O)CC1(C(=O)N[C@@H](Cc2c[nH]c3ccccc23)C(=O)O)CCCC1.[H-].[Li+]. The van der Waals surface area contributed by atoms with Gasteiger partial charge < -0.3 is 32.8 Å². The van der Waals surface area contributed by atoms with Gasteiger partial charge >= 0.3 is 24.8 Å². The zero-order valence-corrected chi connectivity index (χ0v) is 29.8. The molecule has 1 aliphatic carbocycles. The van der Waals surface area contributed by atoms with Gasteiger partial charge in [-0.3, -0.25) is 14.2 Å². The number of fused-ring (bicyclic) bond motifs is 1. The minimum Gasteiger partial charge on any atom is -1.00 e. The van der Waals surface area contributed by atoms with Crippen LogP contribution in [0.5, 0.6) is 0 Å². The molecule has 264 valence electrons. The average molecular weight is 712 g/mol. The summed E-state index contributed by atoms with van der Waals surface area (Å²) in [6.45, 7) is 0.352. The van der Waals surface area contributed by atoms with Crippen LogP contribution in [0.15, 0.2) is 60.8 Å². The number of benzene rings is 2. The third kappa shape index (κ3) is 11.3. The van der Waals surface area contributed by atoms with Crippen molar-refractivity contribution in [3.8, 4) is 0 Å². The number of carbonyl (C=O) groups excluding carboxylic acids is 2. The molecule has 16 heteroatoms. The maximum atomic E-state index is 14.4.